The summed E-state index contributed by atoms with van der Waals surface area (Å²) >= 11 is 0. The highest BCUT2D eigenvalue weighted by Crippen LogP contribution is 2.33. The van der Waals surface area contributed by atoms with Gasteiger partial charge in [0.25, 0.3) is 0 Å². The molecule has 2 fully saturated rings. The number of hydrogen-bond acceptors (Lipinski definition) is 2. The minimum absolute atomic E-state index is 0.507. The number of nitrogens with one attached hydrogen (secondary N) is 1. The highest BCUT2D eigenvalue weighted by Gasteiger charge is 2.33. The summed E-state index contributed by atoms with van der Waals surface area (Å²) in [5, 5.41) is 3.35. The van der Waals surface area contributed by atoms with Gasteiger partial charge in [0.1, 0.15) is 0 Å². The maximum absolute atomic E-state index is 3.35. The first-order valence-corrected chi connectivity index (χ1v) is 5.99. The summed E-state index contributed by atoms with van der Waals surface area (Å²) in [5.41, 5.74) is 0.507. The van der Waals surface area contributed by atoms with Crippen LogP contribution >= 0.6 is 0 Å². The molecule has 2 nitrogen and oxygen atoms in total. The molecule has 0 aromatic rings. The summed E-state index contributed by atoms with van der Waals surface area (Å²) in [5.74, 6) is 1.85. The lowest BCUT2D eigenvalue weighted by Gasteiger charge is -2.32. The van der Waals surface area contributed by atoms with Crippen LogP contribution in [0.15, 0.2) is 0 Å². The molecule has 0 saturated carbocycles. The van der Waals surface area contributed by atoms with Gasteiger partial charge in [0.05, 0.1) is 0 Å². The average Bonchev–Trinajstić information content (AvgIpc) is 2.43. The molecule has 0 amide bonds. The van der Waals surface area contributed by atoms with Crippen LogP contribution in [0.5, 0.6) is 0 Å². The monoisotopic (exact) mass is 196 g/mol. The van der Waals surface area contributed by atoms with Gasteiger partial charge in [0.15, 0.2) is 0 Å². The molecule has 0 aromatic carbocycles. The Morgan fingerprint density at radius 1 is 1.29 bits per heavy atom. The van der Waals surface area contributed by atoms with Gasteiger partial charge in [0.2, 0.25) is 0 Å². The van der Waals surface area contributed by atoms with Gasteiger partial charge in [-0.25, -0.2) is 0 Å². The molecule has 0 radical (unpaired) electrons. The van der Waals surface area contributed by atoms with Crippen molar-refractivity contribution in [2.75, 3.05) is 32.7 Å². The van der Waals surface area contributed by atoms with Gasteiger partial charge in [0, 0.05) is 26.2 Å². The summed E-state index contributed by atoms with van der Waals surface area (Å²) in [6.45, 7) is 13.6. The number of likely N-dealkylation sites (tertiary alicyclic amines) is 1. The second kappa shape index (κ2) is 3.82. The summed E-state index contributed by atoms with van der Waals surface area (Å²) in [6.07, 6.45) is 1.41. The summed E-state index contributed by atoms with van der Waals surface area (Å²) < 4.78 is 0. The van der Waals surface area contributed by atoms with E-state index in [4.69, 9.17) is 0 Å². The van der Waals surface area contributed by atoms with E-state index in [1.165, 1.54) is 39.1 Å². The lowest BCUT2D eigenvalue weighted by Crippen LogP contribution is -2.48. The SMILES string of the molecule is CC(C)(C)C1CCN(CC2CNC2)C1. The van der Waals surface area contributed by atoms with E-state index in [1.807, 2.05) is 0 Å². The summed E-state index contributed by atoms with van der Waals surface area (Å²) in [7, 11) is 0. The Balaban J connectivity index is 1.76. The van der Waals surface area contributed by atoms with Gasteiger partial charge in [-0.05, 0) is 30.2 Å². The molecule has 0 aromatic heterocycles. The molecule has 14 heavy (non-hydrogen) atoms. The molecule has 2 heterocycles. The Hall–Kier alpha value is -0.0800. The van der Waals surface area contributed by atoms with Crippen LogP contribution in [0.1, 0.15) is 27.2 Å². The Bertz CT molecular complexity index is 191. The van der Waals surface area contributed by atoms with Gasteiger partial charge in [-0.15, -0.1) is 0 Å². The molecule has 2 rings (SSSR count). The van der Waals surface area contributed by atoms with Gasteiger partial charge in [-0.2, -0.15) is 0 Å². The third kappa shape index (κ3) is 2.29. The first-order valence-electron chi connectivity index (χ1n) is 5.99. The maximum Gasteiger partial charge on any atom is 0.00341 e. The fourth-order valence-corrected chi connectivity index (χ4v) is 2.55. The molecular weight excluding hydrogens is 172 g/mol. The third-order valence-electron chi connectivity index (χ3n) is 3.88. The summed E-state index contributed by atoms with van der Waals surface area (Å²) in [4.78, 5) is 2.67. The minimum Gasteiger partial charge on any atom is -0.316 e. The highest BCUT2D eigenvalue weighted by atomic mass is 15.2. The standard InChI is InChI=1S/C12H24N2/c1-12(2,3)11-4-5-14(9-11)8-10-6-13-7-10/h10-11,13H,4-9H2,1-3H3. The number of rotatable bonds is 2. The van der Waals surface area contributed by atoms with Crippen molar-refractivity contribution in [2.45, 2.75) is 27.2 Å². The fraction of sp³-hybridized carbons (Fsp3) is 1.00. The van der Waals surface area contributed by atoms with E-state index in [0.717, 1.165) is 11.8 Å². The van der Waals surface area contributed by atoms with Crippen LogP contribution in [-0.4, -0.2) is 37.6 Å². The van der Waals surface area contributed by atoms with E-state index in [9.17, 15) is 0 Å². The van der Waals surface area contributed by atoms with Crippen LogP contribution in [0.2, 0.25) is 0 Å². The zero-order chi connectivity index (χ0) is 10.2. The smallest absolute Gasteiger partial charge is 0.00341 e. The van der Waals surface area contributed by atoms with Crippen molar-refractivity contribution in [1.82, 2.24) is 10.2 Å². The first-order chi connectivity index (χ1) is 6.55. The second-order valence-corrected chi connectivity index (χ2v) is 6.14. The van der Waals surface area contributed by atoms with Crippen molar-refractivity contribution in [2.24, 2.45) is 17.3 Å². The second-order valence-electron chi connectivity index (χ2n) is 6.14. The van der Waals surface area contributed by atoms with E-state index < -0.39 is 0 Å². The first kappa shape index (κ1) is 10.4. The highest BCUT2D eigenvalue weighted by molar-refractivity contribution is 4.86. The number of hydrogen-bond donors (Lipinski definition) is 1. The quantitative estimate of drug-likeness (QED) is 0.721. The van der Waals surface area contributed by atoms with Crippen molar-refractivity contribution in [3.8, 4) is 0 Å². The molecule has 1 atom stereocenters. The molecular formula is C12H24N2. The van der Waals surface area contributed by atoms with Crippen molar-refractivity contribution < 1.29 is 0 Å². The van der Waals surface area contributed by atoms with Crippen molar-refractivity contribution >= 4 is 0 Å². The topological polar surface area (TPSA) is 15.3 Å². The van der Waals surface area contributed by atoms with E-state index in [0.29, 0.717) is 5.41 Å². The molecule has 2 heteroatoms. The molecule has 2 aliphatic heterocycles. The van der Waals surface area contributed by atoms with Gasteiger partial charge in [-0.1, -0.05) is 20.8 Å². The Morgan fingerprint density at radius 2 is 2.00 bits per heavy atom. The molecule has 2 aliphatic rings. The molecule has 0 aliphatic carbocycles. The zero-order valence-electron chi connectivity index (χ0n) is 9.84. The molecule has 1 unspecified atom stereocenters. The van der Waals surface area contributed by atoms with Gasteiger partial charge < -0.3 is 10.2 Å². The van der Waals surface area contributed by atoms with E-state index in [-0.39, 0.29) is 0 Å². The maximum atomic E-state index is 3.35. The Labute approximate surface area is 88.1 Å². The minimum atomic E-state index is 0.507. The van der Waals surface area contributed by atoms with E-state index in [1.54, 1.807) is 0 Å². The van der Waals surface area contributed by atoms with Crippen molar-refractivity contribution in [1.29, 1.82) is 0 Å². The van der Waals surface area contributed by atoms with Crippen LogP contribution in [0, 0.1) is 17.3 Å². The van der Waals surface area contributed by atoms with Crippen LogP contribution < -0.4 is 5.32 Å². The predicted octanol–water partition coefficient (Wildman–Crippen LogP) is 1.57. The molecule has 82 valence electrons. The van der Waals surface area contributed by atoms with Crippen molar-refractivity contribution in [3.63, 3.8) is 0 Å². The van der Waals surface area contributed by atoms with Crippen molar-refractivity contribution in [3.05, 3.63) is 0 Å². The number of nitrogens with zero attached hydrogens (tertiary/aromatic N) is 1. The van der Waals surface area contributed by atoms with Crippen LogP contribution in [0.3, 0.4) is 0 Å². The molecule has 0 bridgehead atoms. The van der Waals surface area contributed by atoms with E-state index in [2.05, 4.69) is 31.0 Å². The normalized spacial score (nSPS) is 30.6. The van der Waals surface area contributed by atoms with Crippen LogP contribution in [0.4, 0.5) is 0 Å². The molecule has 1 N–H and O–H groups in total. The molecule has 2 saturated heterocycles. The Morgan fingerprint density at radius 3 is 2.43 bits per heavy atom. The average molecular weight is 196 g/mol. The fourth-order valence-electron chi connectivity index (χ4n) is 2.55. The largest absolute Gasteiger partial charge is 0.316 e. The lowest BCUT2D eigenvalue weighted by atomic mass is 9.80. The predicted molar refractivity (Wildman–Crippen MR) is 60.4 cm³/mol. The van der Waals surface area contributed by atoms with Gasteiger partial charge >= 0.3 is 0 Å². The van der Waals surface area contributed by atoms with Crippen LogP contribution in [-0.2, 0) is 0 Å². The Kier molecular flexibility index (Phi) is 2.85. The molecule has 0 spiro atoms. The summed E-state index contributed by atoms with van der Waals surface area (Å²) in [6, 6.07) is 0. The lowest BCUT2D eigenvalue weighted by molar-refractivity contribution is 0.192. The van der Waals surface area contributed by atoms with E-state index >= 15 is 0 Å². The third-order valence-corrected chi connectivity index (χ3v) is 3.88. The van der Waals surface area contributed by atoms with Crippen LogP contribution in [0.25, 0.3) is 0 Å². The zero-order valence-corrected chi connectivity index (χ0v) is 9.84. The van der Waals surface area contributed by atoms with Gasteiger partial charge in [-0.3, -0.25) is 0 Å².